The zero-order valence-electron chi connectivity index (χ0n) is 5.27. The summed E-state index contributed by atoms with van der Waals surface area (Å²) in [5.41, 5.74) is 0. The third-order valence-electron chi connectivity index (χ3n) is 0.175. The minimum atomic E-state index is -3.20. The molecular weight excluding hydrogens is 182 g/mol. The predicted molar refractivity (Wildman–Crippen MR) is 36.3 cm³/mol. The first kappa shape index (κ1) is 12.9. The average Bonchev–Trinajstić information content (AvgIpc) is 1.62. The highest BCUT2D eigenvalue weighted by atomic mass is 31.2. The van der Waals surface area contributed by atoms with Crippen LogP contribution < -0.4 is 0 Å². The van der Waals surface area contributed by atoms with Crippen LogP contribution in [0.15, 0.2) is 0 Å². The van der Waals surface area contributed by atoms with Crippen molar-refractivity contribution < 1.29 is 28.3 Å². The number of aliphatic hydroxyl groups excluding tert-OH is 1. The Hall–Kier alpha value is 0.300. The highest BCUT2D eigenvalue weighted by Crippen LogP contribution is 2.30. The van der Waals surface area contributed by atoms with Gasteiger partial charge in [0, 0.05) is 6.61 Å². The fourth-order valence-corrected chi connectivity index (χ4v) is 0.672. The molecule has 0 aromatic carbocycles. The van der Waals surface area contributed by atoms with E-state index >= 15 is 0 Å². The number of hydrogen-bond donors (Lipinski definition) is 3. The predicted octanol–water partition coefficient (Wildman–Crippen LogP) is -0.234. The second-order valence-electron chi connectivity index (χ2n) is 0.950. The normalized spacial score (nSPS) is 14.8. The van der Waals surface area contributed by atoms with Gasteiger partial charge in [0.2, 0.25) is 0 Å². The van der Waals surface area contributed by atoms with E-state index in [1.54, 1.807) is 6.92 Å². The first-order chi connectivity index (χ1) is 4.54. The van der Waals surface area contributed by atoms with Crippen molar-refractivity contribution in [2.45, 2.75) is 6.92 Å². The molecule has 0 rings (SSSR count). The van der Waals surface area contributed by atoms with E-state index in [0.29, 0.717) is 0 Å². The summed E-state index contributed by atoms with van der Waals surface area (Å²) in [6.07, 6.45) is 0. The second-order valence-corrected chi connectivity index (χ2v) is 2.83. The molecule has 8 heteroatoms. The van der Waals surface area contributed by atoms with Gasteiger partial charge in [0.05, 0.1) is 0 Å². The van der Waals surface area contributed by atoms with Crippen molar-refractivity contribution in [1.29, 1.82) is 0 Å². The molecule has 0 radical (unpaired) electrons. The Balaban J connectivity index is 0. The summed E-state index contributed by atoms with van der Waals surface area (Å²) >= 11 is 0. The smallest absolute Gasteiger partial charge is 0.323 e. The topological polar surface area (TPSA) is 104 Å². The summed E-state index contributed by atoms with van der Waals surface area (Å²) in [4.78, 5) is 15.4. The molecule has 0 aromatic rings. The third kappa shape index (κ3) is 23.9. The largest absolute Gasteiger partial charge is 0.397 e. The van der Waals surface area contributed by atoms with Crippen LogP contribution in [0.4, 0.5) is 0 Å². The summed E-state index contributed by atoms with van der Waals surface area (Å²) in [6, 6.07) is 0. The van der Waals surface area contributed by atoms with Crippen molar-refractivity contribution in [2.75, 3.05) is 6.61 Å². The molecule has 0 fully saturated rings. The Morgan fingerprint density at radius 3 is 1.50 bits per heavy atom. The monoisotopic (exact) mass is 192 g/mol. The maximum Gasteiger partial charge on any atom is 0.323 e. The molecule has 2 atom stereocenters. The standard InChI is InChI=1S/C2H6O.H4O5P2/c1-2-3;1-6(2)5-7(3)4/h3H,2H2,1H3;6-7H,(H,1,2)(H,3,4). The number of hydrogen-bond acceptors (Lipinski definition) is 4. The van der Waals surface area contributed by atoms with Gasteiger partial charge in [-0.25, -0.2) is 4.31 Å². The van der Waals surface area contributed by atoms with Crippen LogP contribution in [-0.4, -0.2) is 21.5 Å². The van der Waals surface area contributed by atoms with Crippen molar-refractivity contribution in [1.82, 2.24) is 0 Å². The summed E-state index contributed by atoms with van der Waals surface area (Å²) in [7, 11) is -6.40. The van der Waals surface area contributed by atoms with Gasteiger partial charge in [0.15, 0.2) is 0 Å². The molecule has 0 spiro atoms. The molecule has 0 saturated heterocycles. The fraction of sp³-hybridized carbons (Fsp3) is 1.00. The Bertz CT molecular complexity index is 100. The highest BCUT2D eigenvalue weighted by molar-refractivity contribution is 7.46. The minimum Gasteiger partial charge on any atom is -0.397 e. The van der Waals surface area contributed by atoms with Gasteiger partial charge in [0.1, 0.15) is 0 Å². The zero-order chi connectivity index (χ0) is 8.57. The van der Waals surface area contributed by atoms with Crippen molar-refractivity contribution in [3.8, 4) is 0 Å². The molecule has 2 unspecified atom stereocenters. The van der Waals surface area contributed by atoms with Crippen LogP contribution in [0, 0.1) is 0 Å². The van der Waals surface area contributed by atoms with Crippen LogP contribution in [-0.2, 0) is 13.4 Å². The minimum absolute atomic E-state index is 0.250. The van der Waals surface area contributed by atoms with Crippen molar-refractivity contribution >= 4 is 16.5 Å². The van der Waals surface area contributed by atoms with Crippen LogP contribution >= 0.6 is 16.5 Å². The van der Waals surface area contributed by atoms with E-state index < -0.39 is 16.5 Å². The van der Waals surface area contributed by atoms with Gasteiger partial charge in [-0.3, -0.25) is 9.13 Å². The van der Waals surface area contributed by atoms with Gasteiger partial charge >= 0.3 is 16.5 Å². The second kappa shape index (κ2) is 9.30. The molecule has 0 aliphatic carbocycles. The Morgan fingerprint density at radius 2 is 1.50 bits per heavy atom. The molecule has 0 heterocycles. The highest BCUT2D eigenvalue weighted by Gasteiger charge is 1.93. The molecule has 0 aliphatic rings. The number of aliphatic hydroxyl groups is 1. The lowest BCUT2D eigenvalue weighted by Crippen LogP contribution is -1.58. The maximum atomic E-state index is 9.44. The Kier molecular flexibility index (Phi) is 12.0. The molecule has 10 heavy (non-hydrogen) atoms. The van der Waals surface area contributed by atoms with Crippen LogP contribution in [0.1, 0.15) is 6.92 Å². The summed E-state index contributed by atoms with van der Waals surface area (Å²) in [5.74, 6) is 0. The summed E-state index contributed by atoms with van der Waals surface area (Å²) < 4.78 is 22.3. The fourth-order valence-electron chi connectivity index (χ4n) is 0.0747. The molecule has 64 valence electrons. The van der Waals surface area contributed by atoms with Crippen LogP contribution in [0.2, 0.25) is 0 Å². The number of rotatable bonds is 2. The van der Waals surface area contributed by atoms with Gasteiger partial charge in [0.25, 0.3) is 0 Å². The molecular formula is C2H10O6P2. The van der Waals surface area contributed by atoms with Crippen LogP contribution in [0.25, 0.3) is 0 Å². The quantitative estimate of drug-likeness (QED) is 0.522. The van der Waals surface area contributed by atoms with Crippen molar-refractivity contribution in [2.24, 2.45) is 0 Å². The third-order valence-corrected chi connectivity index (χ3v) is 1.57. The lowest BCUT2D eigenvalue weighted by Gasteiger charge is -1.86. The van der Waals surface area contributed by atoms with Gasteiger partial charge in [-0.05, 0) is 6.92 Å². The molecule has 0 aliphatic heterocycles. The zero-order valence-corrected chi connectivity index (χ0v) is 7.27. The molecule has 0 saturated carbocycles. The average molecular weight is 192 g/mol. The Morgan fingerprint density at radius 1 is 1.30 bits per heavy atom. The lowest BCUT2D eigenvalue weighted by molar-refractivity contribution is 0.318. The first-order valence-corrected chi connectivity index (χ1v) is 4.81. The van der Waals surface area contributed by atoms with E-state index in [1.807, 2.05) is 0 Å². The molecule has 0 aromatic heterocycles. The van der Waals surface area contributed by atoms with E-state index in [0.717, 1.165) is 0 Å². The van der Waals surface area contributed by atoms with Crippen LogP contribution in [0.3, 0.4) is 0 Å². The Labute approximate surface area is 59.4 Å². The van der Waals surface area contributed by atoms with E-state index in [1.165, 1.54) is 0 Å². The van der Waals surface area contributed by atoms with Gasteiger partial charge in [-0.1, -0.05) is 0 Å². The van der Waals surface area contributed by atoms with E-state index in [2.05, 4.69) is 4.31 Å². The molecule has 0 bridgehead atoms. The lowest BCUT2D eigenvalue weighted by atomic mass is 10.9. The van der Waals surface area contributed by atoms with E-state index in [4.69, 9.17) is 14.9 Å². The molecule has 0 amide bonds. The van der Waals surface area contributed by atoms with Crippen molar-refractivity contribution in [3.63, 3.8) is 0 Å². The molecule has 6 nitrogen and oxygen atoms in total. The van der Waals surface area contributed by atoms with Crippen LogP contribution in [0.5, 0.6) is 0 Å². The van der Waals surface area contributed by atoms with Gasteiger partial charge in [-0.2, -0.15) is 0 Å². The SMILES string of the molecule is CCO.O=[PH](O)O[PH](=O)O. The first-order valence-electron chi connectivity index (χ1n) is 2.29. The molecule has 3 N–H and O–H groups in total. The van der Waals surface area contributed by atoms with E-state index in [-0.39, 0.29) is 6.61 Å². The van der Waals surface area contributed by atoms with Crippen molar-refractivity contribution in [3.05, 3.63) is 0 Å². The summed E-state index contributed by atoms with van der Waals surface area (Å²) in [6.45, 7) is 1.93. The van der Waals surface area contributed by atoms with Gasteiger partial charge < -0.3 is 14.9 Å². The van der Waals surface area contributed by atoms with Gasteiger partial charge in [-0.15, -0.1) is 0 Å². The maximum absolute atomic E-state index is 9.44. The summed E-state index contributed by atoms with van der Waals surface area (Å²) in [5, 5.41) is 7.57. The van der Waals surface area contributed by atoms with E-state index in [9.17, 15) is 9.13 Å².